The number of nitrogens with one attached hydrogen (secondary N) is 1. The third-order valence-corrected chi connectivity index (χ3v) is 4.72. The van der Waals surface area contributed by atoms with Crippen LogP contribution >= 0.6 is 0 Å². The summed E-state index contributed by atoms with van der Waals surface area (Å²) in [6, 6.07) is 11.4. The van der Waals surface area contributed by atoms with Gasteiger partial charge in [0.05, 0.1) is 10.6 Å². The summed E-state index contributed by atoms with van der Waals surface area (Å²) >= 11 is 0. The molecule has 9 nitrogen and oxygen atoms in total. The first-order valence-electron chi connectivity index (χ1n) is 7.46. The number of benzene rings is 3. The van der Waals surface area contributed by atoms with E-state index in [1.54, 1.807) is 0 Å². The van der Waals surface area contributed by atoms with Crippen molar-refractivity contribution in [3.05, 3.63) is 70.3 Å². The summed E-state index contributed by atoms with van der Waals surface area (Å²) in [6.45, 7) is 0. The first-order valence-corrected chi connectivity index (χ1v) is 8.90. The molecule has 3 N–H and O–H groups in total. The topological polar surface area (TPSA) is 147 Å². The standard InChI is InChI=1S/C17H12N2O7S/c20-14-7-8-15(27(24,25)26)16-12(14)5-2-6-13(16)18-17(21)10-3-1-4-11(9-10)19(22)23/h1-9,20H,(H,18,21)(H,24,25,26). The van der Waals surface area contributed by atoms with Crippen molar-refractivity contribution in [2.24, 2.45) is 0 Å². The van der Waals surface area contributed by atoms with Gasteiger partial charge >= 0.3 is 0 Å². The molecule has 0 bridgehead atoms. The number of anilines is 1. The molecule has 0 saturated carbocycles. The van der Waals surface area contributed by atoms with E-state index in [0.717, 1.165) is 18.2 Å². The second-order valence-electron chi connectivity index (χ2n) is 5.55. The lowest BCUT2D eigenvalue weighted by Crippen LogP contribution is -2.13. The molecular weight excluding hydrogens is 376 g/mol. The summed E-state index contributed by atoms with van der Waals surface area (Å²) in [5.74, 6) is -0.973. The first kappa shape index (κ1) is 18.3. The molecular formula is C17H12N2O7S. The zero-order valence-corrected chi connectivity index (χ0v) is 14.3. The van der Waals surface area contributed by atoms with E-state index in [2.05, 4.69) is 5.32 Å². The van der Waals surface area contributed by atoms with Crippen LogP contribution in [0.2, 0.25) is 0 Å². The van der Waals surface area contributed by atoms with Gasteiger partial charge in [0.2, 0.25) is 0 Å². The maximum atomic E-state index is 12.5. The summed E-state index contributed by atoms with van der Waals surface area (Å²) in [7, 11) is -4.64. The van der Waals surface area contributed by atoms with Gasteiger partial charge < -0.3 is 10.4 Å². The molecule has 3 rings (SSSR count). The normalized spacial score (nSPS) is 11.3. The molecule has 3 aromatic carbocycles. The molecule has 0 aliphatic carbocycles. The van der Waals surface area contributed by atoms with Gasteiger partial charge in [-0.05, 0) is 24.3 Å². The number of phenols is 1. The summed E-state index contributed by atoms with van der Waals surface area (Å²) in [5.41, 5.74) is -0.292. The Bertz CT molecular complexity index is 1190. The Hall–Kier alpha value is -3.50. The average Bonchev–Trinajstić information content (AvgIpc) is 2.61. The van der Waals surface area contributed by atoms with Crippen LogP contribution < -0.4 is 5.32 Å². The zero-order chi connectivity index (χ0) is 19.8. The molecule has 0 aliphatic rings. The fourth-order valence-corrected chi connectivity index (χ4v) is 3.35. The zero-order valence-electron chi connectivity index (χ0n) is 13.5. The van der Waals surface area contributed by atoms with Gasteiger partial charge in [-0.25, -0.2) is 0 Å². The number of rotatable bonds is 4. The number of carbonyl (C=O) groups is 1. The SMILES string of the molecule is O=C(Nc1cccc2c(O)ccc(S(=O)(=O)O)c12)c1cccc([N+](=O)[O-])c1. The van der Waals surface area contributed by atoms with Crippen LogP contribution in [-0.4, -0.2) is 28.9 Å². The van der Waals surface area contributed by atoms with Gasteiger partial charge in [-0.3, -0.25) is 19.5 Å². The lowest BCUT2D eigenvalue weighted by molar-refractivity contribution is -0.384. The van der Waals surface area contributed by atoms with Crippen LogP contribution in [0.3, 0.4) is 0 Å². The van der Waals surface area contributed by atoms with E-state index in [1.165, 1.54) is 36.4 Å². The quantitative estimate of drug-likeness (QED) is 0.354. The molecule has 1 amide bonds. The van der Waals surface area contributed by atoms with Gasteiger partial charge in [-0.1, -0.05) is 18.2 Å². The number of nitrogens with zero attached hydrogens (tertiary/aromatic N) is 1. The highest BCUT2D eigenvalue weighted by molar-refractivity contribution is 7.86. The van der Waals surface area contributed by atoms with E-state index < -0.39 is 25.8 Å². The van der Waals surface area contributed by atoms with Crippen molar-refractivity contribution in [1.29, 1.82) is 0 Å². The van der Waals surface area contributed by atoms with Crippen LogP contribution in [0.5, 0.6) is 5.75 Å². The van der Waals surface area contributed by atoms with E-state index in [4.69, 9.17) is 0 Å². The molecule has 0 aromatic heterocycles. The Kier molecular flexibility index (Phi) is 4.52. The summed E-state index contributed by atoms with van der Waals surface area (Å²) in [4.78, 5) is 22.2. The maximum absolute atomic E-state index is 12.5. The summed E-state index contributed by atoms with van der Waals surface area (Å²) in [5, 5.41) is 23.3. The fourth-order valence-electron chi connectivity index (χ4n) is 2.63. The third kappa shape index (κ3) is 3.57. The van der Waals surface area contributed by atoms with E-state index in [1.807, 2.05) is 0 Å². The number of nitro benzene ring substituents is 1. The number of fused-ring (bicyclic) bond motifs is 1. The molecule has 3 aromatic rings. The lowest BCUT2D eigenvalue weighted by atomic mass is 10.1. The monoisotopic (exact) mass is 388 g/mol. The van der Waals surface area contributed by atoms with E-state index in [9.17, 15) is 33.0 Å². The van der Waals surface area contributed by atoms with Gasteiger partial charge in [0, 0.05) is 28.5 Å². The van der Waals surface area contributed by atoms with Crippen molar-refractivity contribution in [2.75, 3.05) is 5.32 Å². The summed E-state index contributed by atoms with van der Waals surface area (Å²) < 4.78 is 32.8. The molecule has 0 fully saturated rings. The van der Waals surface area contributed by atoms with Gasteiger partial charge in [-0.15, -0.1) is 0 Å². The predicted octanol–water partition coefficient (Wildman–Crippen LogP) is 2.95. The molecule has 138 valence electrons. The van der Waals surface area contributed by atoms with Gasteiger partial charge in [0.1, 0.15) is 10.6 Å². The minimum absolute atomic E-state index is 0.00697. The molecule has 0 spiro atoms. The maximum Gasteiger partial charge on any atom is 0.295 e. The van der Waals surface area contributed by atoms with Crippen LogP contribution in [0.25, 0.3) is 10.8 Å². The van der Waals surface area contributed by atoms with Crippen molar-refractivity contribution < 1.29 is 27.8 Å². The lowest BCUT2D eigenvalue weighted by Gasteiger charge is -2.12. The second kappa shape index (κ2) is 6.67. The van der Waals surface area contributed by atoms with Crippen LogP contribution in [0.1, 0.15) is 10.4 Å². The smallest absolute Gasteiger partial charge is 0.295 e. The van der Waals surface area contributed by atoms with Crippen LogP contribution in [-0.2, 0) is 10.1 Å². The Balaban J connectivity index is 2.13. The van der Waals surface area contributed by atoms with Crippen molar-refractivity contribution in [3.63, 3.8) is 0 Å². The Labute approximate surface area is 152 Å². The van der Waals surface area contributed by atoms with Crippen molar-refractivity contribution >= 4 is 38.2 Å². The van der Waals surface area contributed by atoms with Crippen molar-refractivity contribution in [3.8, 4) is 5.75 Å². The third-order valence-electron chi connectivity index (χ3n) is 3.82. The molecule has 0 aliphatic heterocycles. The van der Waals surface area contributed by atoms with E-state index >= 15 is 0 Å². The second-order valence-corrected chi connectivity index (χ2v) is 6.94. The molecule has 27 heavy (non-hydrogen) atoms. The van der Waals surface area contributed by atoms with Crippen LogP contribution in [0.4, 0.5) is 11.4 Å². The molecule has 0 radical (unpaired) electrons. The Morgan fingerprint density at radius 2 is 1.78 bits per heavy atom. The number of phenolic OH excluding ortho intramolecular Hbond substituents is 1. The highest BCUT2D eigenvalue weighted by atomic mass is 32.2. The molecule has 0 saturated heterocycles. The van der Waals surface area contributed by atoms with Gasteiger partial charge in [0.25, 0.3) is 21.7 Å². The molecule has 0 atom stereocenters. The van der Waals surface area contributed by atoms with E-state index in [-0.39, 0.29) is 33.5 Å². The molecule has 10 heteroatoms. The Morgan fingerprint density at radius 1 is 1.07 bits per heavy atom. The first-order chi connectivity index (χ1) is 12.7. The average molecular weight is 388 g/mol. The van der Waals surface area contributed by atoms with Gasteiger partial charge in [0.15, 0.2) is 0 Å². The largest absolute Gasteiger partial charge is 0.507 e. The minimum Gasteiger partial charge on any atom is -0.507 e. The predicted molar refractivity (Wildman–Crippen MR) is 96.5 cm³/mol. The fraction of sp³-hybridized carbons (Fsp3) is 0. The highest BCUT2D eigenvalue weighted by Gasteiger charge is 2.20. The van der Waals surface area contributed by atoms with Crippen LogP contribution in [0.15, 0.2) is 59.5 Å². The van der Waals surface area contributed by atoms with E-state index in [0.29, 0.717) is 0 Å². The van der Waals surface area contributed by atoms with Crippen molar-refractivity contribution in [1.82, 2.24) is 0 Å². The number of hydrogen-bond donors (Lipinski definition) is 3. The Morgan fingerprint density at radius 3 is 2.44 bits per heavy atom. The number of non-ortho nitro benzene ring substituents is 1. The van der Waals surface area contributed by atoms with Crippen LogP contribution in [0, 0.1) is 10.1 Å². The summed E-state index contributed by atoms with van der Waals surface area (Å²) in [6.07, 6.45) is 0. The number of aromatic hydroxyl groups is 1. The number of carbonyl (C=O) groups excluding carboxylic acids is 1. The van der Waals surface area contributed by atoms with Gasteiger partial charge in [-0.2, -0.15) is 8.42 Å². The number of nitro groups is 1. The molecule has 0 heterocycles. The van der Waals surface area contributed by atoms with Crippen molar-refractivity contribution in [2.45, 2.75) is 4.90 Å². The number of hydrogen-bond acceptors (Lipinski definition) is 6. The minimum atomic E-state index is -4.64. The number of amides is 1. The highest BCUT2D eigenvalue weighted by Crippen LogP contribution is 2.35. The molecule has 0 unspecified atom stereocenters.